The van der Waals surface area contributed by atoms with Gasteiger partial charge >= 0.3 is 0 Å². The van der Waals surface area contributed by atoms with Crippen LogP contribution in [0, 0.1) is 0 Å². The molecule has 2 atom stereocenters. The third-order valence-corrected chi connectivity index (χ3v) is 2.38. The largest absolute Gasteiger partial charge is 0.370 e. The molecule has 0 saturated carbocycles. The summed E-state index contributed by atoms with van der Waals surface area (Å²) in [6.45, 7) is 0.681. The smallest absolute Gasteiger partial charge is 0.130 e. The minimum absolute atomic E-state index is 0.338. The molecule has 0 N–H and O–H groups in total. The number of hydrogen-bond acceptors (Lipinski definition) is 1. The van der Waals surface area contributed by atoms with Crippen molar-refractivity contribution in [1.29, 1.82) is 0 Å². The number of rotatable bonds is 1. The molecule has 1 nitrogen and oxygen atoms in total. The summed E-state index contributed by atoms with van der Waals surface area (Å²) >= 11 is 0. The minimum atomic E-state index is -0.837. The van der Waals surface area contributed by atoms with Crippen LogP contribution in [0.3, 0.4) is 0 Å². The summed E-state index contributed by atoms with van der Waals surface area (Å²) < 4.78 is 18.8. The average molecular weight is 180 g/mol. The highest BCUT2D eigenvalue weighted by molar-refractivity contribution is 5.19. The van der Waals surface area contributed by atoms with E-state index in [9.17, 15) is 4.39 Å². The Morgan fingerprint density at radius 2 is 2.00 bits per heavy atom. The van der Waals surface area contributed by atoms with E-state index in [4.69, 9.17) is 4.74 Å². The molecular formula is C11H13FO. The fourth-order valence-corrected chi connectivity index (χ4v) is 1.69. The van der Waals surface area contributed by atoms with E-state index < -0.39 is 6.17 Å². The Hall–Kier alpha value is -0.890. The van der Waals surface area contributed by atoms with Crippen LogP contribution in [0.15, 0.2) is 30.3 Å². The van der Waals surface area contributed by atoms with Crippen LogP contribution in [0.1, 0.15) is 24.5 Å². The Bertz CT molecular complexity index is 260. The first-order valence-corrected chi connectivity index (χ1v) is 4.68. The molecule has 0 radical (unpaired) electrons. The normalized spacial score (nSPS) is 28.7. The van der Waals surface area contributed by atoms with Crippen molar-refractivity contribution < 1.29 is 9.13 Å². The van der Waals surface area contributed by atoms with Crippen LogP contribution < -0.4 is 0 Å². The zero-order valence-electron chi connectivity index (χ0n) is 7.45. The van der Waals surface area contributed by atoms with Crippen LogP contribution in [0.4, 0.5) is 4.39 Å². The Balaban J connectivity index is 2.15. The lowest BCUT2D eigenvalue weighted by Crippen LogP contribution is -2.23. The summed E-state index contributed by atoms with van der Waals surface area (Å²) in [5.74, 6) is 0. The van der Waals surface area contributed by atoms with Gasteiger partial charge in [-0.15, -0.1) is 0 Å². The lowest BCUT2D eigenvalue weighted by Gasteiger charge is -2.26. The van der Waals surface area contributed by atoms with Crippen LogP contribution in [0.2, 0.25) is 0 Å². The highest BCUT2D eigenvalue weighted by Crippen LogP contribution is 2.30. The number of benzene rings is 1. The third kappa shape index (κ3) is 1.89. The first kappa shape index (κ1) is 8.70. The molecule has 13 heavy (non-hydrogen) atoms. The highest BCUT2D eigenvalue weighted by Gasteiger charge is 2.26. The monoisotopic (exact) mass is 180 g/mol. The molecule has 2 heteroatoms. The van der Waals surface area contributed by atoms with E-state index in [2.05, 4.69) is 0 Å². The Morgan fingerprint density at radius 3 is 2.69 bits per heavy atom. The molecule has 0 spiro atoms. The van der Waals surface area contributed by atoms with Crippen LogP contribution in [0.5, 0.6) is 0 Å². The van der Waals surface area contributed by atoms with Gasteiger partial charge in [0.2, 0.25) is 0 Å². The van der Waals surface area contributed by atoms with E-state index in [-0.39, 0.29) is 6.10 Å². The summed E-state index contributed by atoms with van der Waals surface area (Å²) in [5, 5.41) is 0. The fourth-order valence-electron chi connectivity index (χ4n) is 1.69. The molecule has 1 aromatic rings. The fraction of sp³-hybridized carbons (Fsp3) is 0.455. The lowest BCUT2D eigenvalue weighted by atomic mass is 10.00. The summed E-state index contributed by atoms with van der Waals surface area (Å²) in [4.78, 5) is 0. The molecule has 0 bridgehead atoms. The highest BCUT2D eigenvalue weighted by atomic mass is 19.1. The second kappa shape index (κ2) is 3.88. The summed E-state index contributed by atoms with van der Waals surface area (Å²) in [7, 11) is 0. The van der Waals surface area contributed by atoms with Gasteiger partial charge in [-0.25, -0.2) is 4.39 Å². The van der Waals surface area contributed by atoms with Gasteiger partial charge in [0.15, 0.2) is 0 Å². The van der Waals surface area contributed by atoms with E-state index in [1.54, 1.807) is 0 Å². The van der Waals surface area contributed by atoms with Gasteiger partial charge in [-0.1, -0.05) is 30.3 Å². The van der Waals surface area contributed by atoms with Gasteiger partial charge in [0.05, 0.1) is 0 Å². The summed E-state index contributed by atoms with van der Waals surface area (Å²) in [6, 6.07) is 9.60. The number of hydrogen-bond donors (Lipinski definition) is 0. The van der Waals surface area contributed by atoms with Gasteiger partial charge < -0.3 is 4.74 Å². The zero-order valence-corrected chi connectivity index (χ0v) is 7.45. The first-order valence-electron chi connectivity index (χ1n) is 4.68. The molecule has 1 saturated heterocycles. The summed E-state index contributed by atoms with van der Waals surface area (Å²) in [6.07, 6.45) is 0.287. The summed E-state index contributed by atoms with van der Waals surface area (Å²) in [5.41, 5.74) is 0.953. The van der Waals surface area contributed by atoms with Gasteiger partial charge in [0.25, 0.3) is 0 Å². The Labute approximate surface area is 77.5 Å². The molecule has 70 valence electrons. The van der Waals surface area contributed by atoms with Crippen LogP contribution >= 0.6 is 0 Å². The minimum Gasteiger partial charge on any atom is -0.370 e. The second-order valence-electron chi connectivity index (χ2n) is 3.36. The molecule has 1 aliphatic heterocycles. The van der Waals surface area contributed by atoms with E-state index in [1.165, 1.54) is 0 Å². The predicted octanol–water partition coefficient (Wildman–Crippen LogP) is 2.88. The van der Waals surface area contributed by atoms with Crippen molar-refractivity contribution in [2.45, 2.75) is 25.1 Å². The van der Waals surface area contributed by atoms with Gasteiger partial charge in [-0.05, 0) is 18.4 Å². The number of alkyl halides is 1. The maximum Gasteiger partial charge on any atom is 0.130 e. The van der Waals surface area contributed by atoms with Crippen molar-refractivity contribution in [2.75, 3.05) is 6.61 Å². The lowest BCUT2D eigenvalue weighted by molar-refractivity contribution is -0.0415. The standard InChI is InChI=1S/C11H13FO/c12-10-7-4-8-13-11(10)9-5-2-1-3-6-9/h1-3,5-6,10-11H,4,7-8H2/t10-,11-/m0/s1. The second-order valence-corrected chi connectivity index (χ2v) is 3.36. The Morgan fingerprint density at radius 1 is 1.23 bits per heavy atom. The van der Waals surface area contributed by atoms with Crippen LogP contribution in [0.25, 0.3) is 0 Å². The first-order chi connectivity index (χ1) is 6.38. The molecular weight excluding hydrogens is 167 g/mol. The molecule has 1 aliphatic rings. The quantitative estimate of drug-likeness (QED) is 0.645. The van der Waals surface area contributed by atoms with Crippen molar-refractivity contribution >= 4 is 0 Å². The maximum absolute atomic E-state index is 13.4. The van der Waals surface area contributed by atoms with Gasteiger partial charge in [-0.2, -0.15) is 0 Å². The number of ether oxygens (including phenoxy) is 1. The van der Waals surface area contributed by atoms with Crippen LogP contribution in [-0.4, -0.2) is 12.8 Å². The molecule has 0 aliphatic carbocycles. The maximum atomic E-state index is 13.4. The Kier molecular flexibility index (Phi) is 2.60. The molecule has 1 aromatic carbocycles. The molecule has 0 unspecified atom stereocenters. The van der Waals surface area contributed by atoms with Gasteiger partial charge in [-0.3, -0.25) is 0 Å². The topological polar surface area (TPSA) is 9.23 Å². The zero-order chi connectivity index (χ0) is 9.10. The molecule has 0 aromatic heterocycles. The molecule has 2 rings (SSSR count). The molecule has 1 fully saturated rings. The molecule has 1 heterocycles. The van der Waals surface area contributed by atoms with Gasteiger partial charge in [0, 0.05) is 6.61 Å². The molecule has 0 amide bonds. The number of halogens is 1. The van der Waals surface area contributed by atoms with Crippen molar-refractivity contribution in [1.82, 2.24) is 0 Å². The third-order valence-electron chi connectivity index (χ3n) is 2.38. The van der Waals surface area contributed by atoms with Crippen molar-refractivity contribution in [3.05, 3.63) is 35.9 Å². The van der Waals surface area contributed by atoms with E-state index in [0.717, 1.165) is 12.0 Å². The van der Waals surface area contributed by atoms with Crippen molar-refractivity contribution in [3.63, 3.8) is 0 Å². The van der Waals surface area contributed by atoms with E-state index >= 15 is 0 Å². The van der Waals surface area contributed by atoms with Gasteiger partial charge in [0.1, 0.15) is 12.3 Å². The van der Waals surface area contributed by atoms with E-state index in [1.807, 2.05) is 30.3 Å². The van der Waals surface area contributed by atoms with Crippen molar-refractivity contribution in [3.8, 4) is 0 Å². The SMILES string of the molecule is F[C@H]1CCCO[C@H]1c1ccccc1. The van der Waals surface area contributed by atoms with Crippen LogP contribution in [-0.2, 0) is 4.74 Å². The van der Waals surface area contributed by atoms with E-state index in [0.29, 0.717) is 13.0 Å². The predicted molar refractivity (Wildman–Crippen MR) is 49.3 cm³/mol. The van der Waals surface area contributed by atoms with Crippen molar-refractivity contribution in [2.24, 2.45) is 0 Å². The average Bonchev–Trinajstić information content (AvgIpc) is 2.20.